The fraction of sp³-hybridized carbons (Fsp3) is 0.375. The molecule has 0 amide bonds. The fourth-order valence-electron chi connectivity index (χ4n) is 2.83. The first-order chi connectivity index (χ1) is 9.79. The number of rotatable bonds is 4. The Morgan fingerprint density at radius 2 is 1.55 bits per heavy atom. The van der Waals surface area contributed by atoms with Crippen LogP contribution in [-0.4, -0.2) is 39.6 Å². The van der Waals surface area contributed by atoms with Crippen LogP contribution in [0.4, 0.5) is 0 Å². The van der Waals surface area contributed by atoms with Gasteiger partial charge in [-0.25, -0.2) is 0 Å². The van der Waals surface area contributed by atoms with Crippen LogP contribution in [0.1, 0.15) is 24.0 Å². The highest BCUT2D eigenvalue weighted by Crippen LogP contribution is 2.30. The average Bonchev–Trinajstić information content (AvgIpc) is 3.02. The zero-order valence-corrected chi connectivity index (χ0v) is 11.4. The summed E-state index contributed by atoms with van der Waals surface area (Å²) in [5, 5.41) is 11.3. The number of hydrogen-bond donors (Lipinski definition) is 1. The van der Waals surface area contributed by atoms with Gasteiger partial charge < -0.3 is 5.11 Å². The van der Waals surface area contributed by atoms with Gasteiger partial charge in [-0.15, -0.1) is 0 Å². The normalized spacial score (nSPS) is 16.4. The molecule has 0 spiro atoms. The van der Waals surface area contributed by atoms with Gasteiger partial charge in [-0.1, -0.05) is 12.1 Å². The van der Waals surface area contributed by atoms with E-state index < -0.39 is 5.60 Å². The first-order valence-corrected chi connectivity index (χ1v) is 7.05. The largest absolute Gasteiger partial charge is 0.379 e. The lowest BCUT2D eigenvalue weighted by Crippen LogP contribution is -2.40. The summed E-state index contributed by atoms with van der Waals surface area (Å²) in [6.45, 7) is 2.68. The third kappa shape index (κ3) is 2.57. The number of β-amino-alcohol motifs (C(OH)–C–C–N with tert-alkyl or cyclic N) is 1. The lowest BCUT2D eigenvalue weighted by atomic mass is 9.88. The van der Waals surface area contributed by atoms with Crippen molar-refractivity contribution in [3.63, 3.8) is 0 Å². The molecule has 3 heterocycles. The SMILES string of the molecule is OC(CN1CCCC1)(c1cccnc1)c1cccnc1. The first-order valence-electron chi connectivity index (χ1n) is 7.05. The van der Waals surface area contributed by atoms with Crippen molar-refractivity contribution in [2.75, 3.05) is 19.6 Å². The van der Waals surface area contributed by atoms with Gasteiger partial charge in [0.2, 0.25) is 0 Å². The molecule has 0 unspecified atom stereocenters. The number of hydrogen-bond acceptors (Lipinski definition) is 4. The van der Waals surface area contributed by atoms with Crippen LogP contribution in [-0.2, 0) is 5.60 Å². The first kappa shape index (κ1) is 13.2. The number of nitrogens with zero attached hydrogens (tertiary/aromatic N) is 3. The summed E-state index contributed by atoms with van der Waals surface area (Å²) in [7, 11) is 0. The molecule has 0 radical (unpaired) electrons. The molecule has 4 nitrogen and oxygen atoms in total. The summed E-state index contributed by atoms with van der Waals surface area (Å²) in [5.41, 5.74) is 0.590. The Labute approximate surface area is 119 Å². The molecule has 1 N–H and O–H groups in total. The van der Waals surface area contributed by atoms with Gasteiger partial charge in [0.1, 0.15) is 5.60 Å². The lowest BCUT2D eigenvalue weighted by molar-refractivity contribution is 0.0427. The summed E-state index contributed by atoms with van der Waals surface area (Å²) >= 11 is 0. The molecule has 2 aromatic heterocycles. The van der Waals surface area contributed by atoms with Crippen LogP contribution in [0, 0.1) is 0 Å². The van der Waals surface area contributed by atoms with Crippen molar-refractivity contribution in [2.24, 2.45) is 0 Å². The molecule has 1 aliphatic heterocycles. The van der Waals surface area contributed by atoms with Gasteiger partial charge in [0.25, 0.3) is 0 Å². The summed E-state index contributed by atoms with van der Waals surface area (Å²) < 4.78 is 0. The smallest absolute Gasteiger partial charge is 0.130 e. The van der Waals surface area contributed by atoms with E-state index >= 15 is 0 Å². The Hall–Kier alpha value is -1.78. The zero-order chi connectivity index (χ0) is 13.8. The van der Waals surface area contributed by atoms with Crippen LogP contribution >= 0.6 is 0 Å². The van der Waals surface area contributed by atoms with Gasteiger partial charge in [0, 0.05) is 42.5 Å². The van der Waals surface area contributed by atoms with Crippen molar-refractivity contribution >= 4 is 0 Å². The Balaban J connectivity index is 1.98. The van der Waals surface area contributed by atoms with Crippen molar-refractivity contribution < 1.29 is 5.11 Å². The second kappa shape index (κ2) is 5.69. The summed E-state index contributed by atoms with van der Waals surface area (Å²) in [6.07, 6.45) is 9.34. The highest BCUT2D eigenvalue weighted by Gasteiger charge is 2.35. The Morgan fingerprint density at radius 1 is 1.00 bits per heavy atom. The maximum atomic E-state index is 11.3. The van der Waals surface area contributed by atoms with E-state index in [2.05, 4.69) is 14.9 Å². The van der Waals surface area contributed by atoms with Crippen LogP contribution in [0.3, 0.4) is 0 Å². The van der Waals surface area contributed by atoms with Crippen molar-refractivity contribution in [1.29, 1.82) is 0 Å². The Morgan fingerprint density at radius 3 is 2.00 bits per heavy atom. The van der Waals surface area contributed by atoms with E-state index in [0.717, 1.165) is 24.2 Å². The van der Waals surface area contributed by atoms with E-state index in [-0.39, 0.29) is 0 Å². The van der Waals surface area contributed by atoms with E-state index in [1.54, 1.807) is 24.8 Å². The minimum absolute atomic E-state index is 0.588. The van der Waals surface area contributed by atoms with Crippen LogP contribution in [0.2, 0.25) is 0 Å². The van der Waals surface area contributed by atoms with E-state index in [4.69, 9.17) is 0 Å². The van der Waals surface area contributed by atoms with Gasteiger partial charge in [0.05, 0.1) is 0 Å². The fourth-order valence-corrected chi connectivity index (χ4v) is 2.83. The van der Waals surface area contributed by atoms with Gasteiger partial charge in [-0.3, -0.25) is 14.9 Å². The second-order valence-electron chi connectivity index (χ2n) is 5.33. The monoisotopic (exact) mass is 269 g/mol. The molecule has 1 aliphatic rings. The number of aliphatic hydroxyl groups is 1. The summed E-state index contributed by atoms with van der Waals surface area (Å²) in [4.78, 5) is 10.6. The van der Waals surface area contributed by atoms with Crippen molar-refractivity contribution in [1.82, 2.24) is 14.9 Å². The molecule has 1 saturated heterocycles. The average molecular weight is 269 g/mol. The van der Waals surface area contributed by atoms with E-state index in [1.165, 1.54) is 12.8 Å². The molecule has 20 heavy (non-hydrogen) atoms. The minimum atomic E-state index is -1.05. The number of aromatic nitrogens is 2. The highest BCUT2D eigenvalue weighted by atomic mass is 16.3. The molecule has 4 heteroatoms. The van der Waals surface area contributed by atoms with E-state index in [9.17, 15) is 5.11 Å². The van der Waals surface area contributed by atoms with Crippen molar-refractivity contribution in [3.05, 3.63) is 60.2 Å². The van der Waals surface area contributed by atoms with Crippen LogP contribution in [0.25, 0.3) is 0 Å². The van der Waals surface area contributed by atoms with Crippen LogP contribution in [0.15, 0.2) is 49.1 Å². The third-order valence-corrected chi connectivity index (χ3v) is 3.93. The molecule has 0 atom stereocenters. The maximum absolute atomic E-state index is 11.3. The molecule has 0 bridgehead atoms. The summed E-state index contributed by atoms with van der Waals surface area (Å²) in [6, 6.07) is 7.58. The van der Waals surface area contributed by atoms with Crippen LogP contribution in [0.5, 0.6) is 0 Å². The lowest BCUT2D eigenvalue weighted by Gasteiger charge is -2.32. The maximum Gasteiger partial charge on any atom is 0.130 e. The zero-order valence-electron chi connectivity index (χ0n) is 11.4. The highest BCUT2D eigenvalue weighted by molar-refractivity contribution is 5.33. The standard InChI is InChI=1S/C16H19N3O/c20-16(13-19-9-1-2-10-19,14-5-3-7-17-11-14)15-6-4-8-18-12-15/h3-8,11-12,20H,1-2,9-10,13H2. The second-order valence-corrected chi connectivity index (χ2v) is 5.33. The van der Waals surface area contributed by atoms with Crippen molar-refractivity contribution in [3.8, 4) is 0 Å². The Kier molecular flexibility index (Phi) is 3.76. The molecule has 2 aromatic rings. The van der Waals surface area contributed by atoms with Gasteiger partial charge in [-0.2, -0.15) is 0 Å². The Bertz CT molecular complexity index is 499. The van der Waals surface area contributed by atoms with Crippen LogP contribution < -0.4 is 0 Å². The molecule has 1 fully saturated rings. The molecule has 3 rings (SSSR count). The molecule has 0 aromatic carbocycles. The molecule has 104 valence electrons. The third-order valence-electron chi connectivity index (χ3n) is 3.93. The molecular weight excluding hydrogens is 250 g/mol. The van der Waals surface area contributed by atoms with E-state index in [1.807, 2.05) is 24.3 Å². The molecule has 0 saturated carbocycles. The predicted octanol–water partition coefficient (Wildman–Crippen LogP) is 1.81. The van der Waals surface area contributed by atoms with Gasteiger partial charge in [0.15, 0.2) is 0 Å². The predicted molar refractivity (Wildman–Crippen MR) is 77.1 cm³/mol. The minimum Gasteiger partial charge on any atom is -0.379 e. The van der Waals surface area contributed by atoms with E-state index in [0.29, 0.717) is 6.54 Å². The number of pyridine rings is 2. The van der Waals surface area contributed by atoms with Gasteiger partial charge in [-0.05, 0) is 38.1 Å². The topological polar surface area (TPSA) is 49.2 Å². The summed E-state index contributed by atoms with van der Waals surface area (Å²) in [5.74, 6) is 0. The van der Waals surface area contributed by atoms with Crippen molar-refractivity contribution in [2.45, 2.75) is 18.4 Å². The quantitative estimate of drug-likeness (QED) is 0.919. The van der Waals surface area contributed by atoms with Gasteiger partial charge >= 0.3 is 0 Å². The number of likely N-dealkylation sites (tertiary alicyclic amines) is 1. The molecule has 0 aliphatic carbocycles. The molecular formula is C16H19N3O.